The van der Waals surface area contributed by atoms with Gasteiger partial charge < -0.3 is 18.7 Å². The first-order valence-electron chi connectivity index (χ1n) is 11.4. The highest BCUT2D eigenvalue weighted by Gasteiger charge is 2.30. The highest BCUT2D eigenvalue weighted by molar-refractivity contribution is 5.83. The Morgan fingerprint density at radius 1 is 1.24 bits per heavy atom. The van der Waals surface area contributed by atoms with E-state index >= 15 is 0 Å². The van der Waals surface area contributed by atoms with Gasteiger partial charge in [-0.3, -0.25) is 9.59 Å². The van der Waals surface area contributed by atoms with Gasteiger partial charge in [0.2, 0.25) is 6.41 Å². The standard InChI is InChI=1S/C16H17N3O4.C9H15NO/c1-11-15(22-9-17-11)12-4-6-13(7-5-12)23-18-16(21)14-3-2-8-19(14)10-20;1-6(2)8(4)9-5-7(3)10-11-9/h4-7,9-10,14H,2-3,8H2,1H3,(H,18,21);5-6,8H,1-4H3. The number of nitrogens with one attached hydrogen (secondary N) is 1. The molecule has 1 aliphatic heterocycles. The quantitative estimate of drug-likeness (QED) is 0.403. The maximum absolute atomic E-state index is 12.0. The Morgan fingerprint density at radius 3 is 2.53 bits per heavy atom. The summed E-state index contributed by atoms with van der Waals surface area (Å²) in [5.41, 5.74) is 5.04. The molecule has 0 saturated carbocycles. The number of rotatable bonds is 7. The molecule has 1 fully saturated rings. The molecule has 3 heterocycles. The Bertz CT molecular complexity index is 1070. The summed E-state index contributed by atoms with van der Waals surface area (Å²) in [4.78, 5) is 33.7. The van der Waals surface area contributed by atoms with E-state index in [1.54, 1.807) is 12.1 Å². The van der Waals surface area contributed by atoms with Crippen LogP contribution >= 0.6 is 0 Å². The molecule has 9 heteroatoms. The predicted molar refractivity (Wildman–Crippen MR) is 126 cm³/mol. The third-order valence-electron chi connectivity index (χ3n) is 5.96. The second-order valence-electron chi connectivity index (χ2n) is 8.76. The molecule has 1 aromatic carbocycles. The van der Waals surface area contributed by atoms with Crippen LogP contribution in [0.3, 0.4) is 0 Å². The molecule has 1 saturated heterocycles. The predicted octanol–water partition coefficient (Wildman–Crippen LogP) is 4.42. The van der Waals surface area contributed by atoms with E-state index in [9.17, 15) is 9.59 Å². The fourth-order valence-electron chi connectivity index (χ4n) is 3.55. The first kappa shape index (κ1) is 25.0. The lowest BCUT2D eigenvalue weighted by Crippen LogP contribution is -2.43. The van der Waals surface area contributed by atoms with Gasteiger partial charge in [-0.2, -0.15) is 5.48 Å². The number of hydrogen-bond acceptors (Lipinski definition) is 7. The molecule has 1 N–H and O–H groups in total. The molecular weight excluding hydrogens is 436 g/mol. The average molecular weight is 469 g/mol. The number of carbonyl (C=O) groups excluding carboxylic acids is 2. The van der Waals surface area contributed by atoms with E-state index in [1.165, 1.54) is 11.3 Å². The molecule has 4 rings (SSSR count). The number of nitrogens with zero attached hydrogens (tertiary/aromatic N) is 3. The van der Waals surface area contributed by atoms with Crippen molar-refractivity contribution in [2.45, 2.75) is 59.4 Å². The van der Waals surface area contributed by atoms with E-state index in [-0.39, 0.29) is 5.91 Å². The topological polar surface area (TPSA) is 111 Å². The Labute approximate surface area is 199 Å². The molecule has 0 bridgehead atoms. The maximum atomic E-state index is 12.0. The van der Waals surface area contributed by atoms with Crippen LogP contribution in [-0.2, 0) is 9.59 Å². The van der Waals surface area contributed by atoms with Crippen LogP contribution in [0.5, 0.6) is 5.75 Å². The maximum Gasteiger partial charge on any atom is 0.275 e. The normalized spacial score (nSPS) is 16.1. The van der Waals surface area contributed by atoms with E-state index in [0.717, 1.165) is 29.1 Å². The molecule has 1 aliphatic rings. The van der Waals surface area contributed by atoms with Crippen LogP contribution in [0, 0.1) is 19.8 Å². The van der Waals surface area contributed by atoms with E-state index in [0.29, 0.717) is 42.7 Å². The van der Waals surface area contributed by atoms with Crippen LogP contribution in [0.4, 0.5) is 0 Å². The summed E-state index contributed by atoms with van der Waals surface area (Å²) in [5, 5.41) is 3.85. The zero-order chi connectivity index (χ0) is 24.7. The summed E-state index contributed by atoms with van der Waals surface area (Å²) in [7, 11) is 0. The van der Waals surface area contributed by atoms with Crippen LogP contribution in [0.25, 0.3) is 11.3 Å². The van der Waals surface area contributed by atoms with Crippen LogP contribution in [0.2, 0.25) is 0 Å². The van der Waals surface area contributed by atoms with E-state index in [2.05, 4.69) is 36.4 Å². The van der Waals surface area contributed by atoms with E-state index in [4.69, 9.17) is 13.8 Å². The third kappa shape index (κ3) is 6.24. The SMILES string of the molecule is Cc1cc(C(C)C(C)C)on1.Cc1ncoc1-c1ccc(ONC(=O)C2CCCN2C=O)cc1. The van der Waals surface area contributed by atoms with Gasteiger partial charge in [-0.25, -0.2) is 4.98 Å². The Morgan fingerprint density at radius 2 is 1.97 bits per heavy atom. The molecular formula is C25H32N4O5. The smallest absolute Gasteiger partial charge is 0.275 e. The molecule has 0 aliphatic carbocycles. The molecule has 2 amide bonds. The number of likely N-dealkylation sites (tertiary alicyclic amines) is 1. The summed E-state index contributed by atoms with van der Waals surface area (Å²) in [5.74, 6) is 2.96. The monoisotopic (exact) mass is 468 g/mol. The molecule has 2 atom stereocenters. The number of aryl methyl sites for hydroxylation is 2. The molecule has 2 unspecified atom stereocenters. The number of amides is 2. The van der Waals surface area contributed by atoms with Gasteiger partial charge in [-0.1, -0.05) is 25.9 Å². The lowest BCUT2D eigenvalue weighted by Gasteiger charge is -2.18. The van der Waals surface area contributed by atoms with Gasteiger partial charge in [-0.15, -0.1) is 0 Å². The average Bonchev–Trinajstić information content (AvgIpc) is 3.58. The second kappa shape index (κ2) is 11.5. The minimum atomic E-state index is -0.455. The van der Waals surface area contributed by atoms with Gasteiger partial charge in [-0.05, 0) is 56.9 Å². The summed E-state index contributed by atoms with van der Waals surface area (Å²) in [6, 6.07) is 8.64. The first-order chi connectivity index (χ1) is 16.3. The van der Waals surface area contributed by atoms with Crippen LogP contribution < -0.4 is 10.3 Å². The lowest BCUT2D eigenvalue weighted by molar-refractivity contribution is -0.136. The van der Waals surface area contributed by atoms with Gasteiger partial charge in [0.15, 0.2) is 17.9 Å². The van der Waals surface area contributed by atoms with Gasteiger partial charge >= 0.3 is 0 Å². The zero-order valence-electron chi connectivity index (χ0n) is 20.3. The van der Waals surface area contributed by atoms with Crippen LogP contribution in [-0.4, -0.2) is 39.9 Å². The van der Waals surface area contributed by atoms with Gasteiger partial charge in [0.1, 0.15) is 11.8 Å². The van der Waals surface area contributed by atoms with E-state index in [1.807, 2.05) is 32.0 Å². The lowest BCUT2D eigenvalue weighted by atomic mass is 9.95. The van der Waals surface area contributed by atoms with E-state index < -0.39 is 6.04 Å². The number of aromatic nitrogens is 2. The molecule has 9 nitrogen and oxygen atoms in total. The Hall–Kier alpha value is -3.62. The second-order valence-corrected chi connectivity index (χ2v) is 8.76. The van der Waals surface area contributed by atoms with Gasteiger partial charge in [0.25, 0.3) is 5.91 Å². The molecule has 34 heavy (non-hydrogen) atoms. The van der Waals surface area contributed by atoms with Crippen molar-refractivity contribution < 1.29 is 23.4 Å². The fraction of sp³-hybridized carbons (Fsp3) is 0.440. The van der Waals surface area contributed by atoms with Crippen LogP contribution in [0.15, 0.2) is 45.7 Å². The molecule has 0 radical (unpaired) electrons. The number of oxazole rings is 1. The minimum Gasteiger partial charge on any atom is -0.443 e. The number of benzene rings is 1. The van der Waals surface area contributed by atoms with Crippen molar-refractivity contribution in [1.29, 1.82) is 0 Å². The van der Waals surface area contributed by atoms with Crippen molar-refractivity contribution in [1.82, 2.24) is 20.5 Å². The van der Waals surface area contributed by atoms with Crippen molar-refractivity contribution in [3.63, 3.8) is 0 Å². The molecule has 182 valence electrons. The molecule has 0 spiro atoms. The summed E-state index contributed by atoms with van der Waals surface area (Å²) in [6.07, 6.45) is 3.57. The summed E-state index contributed by atoms with van der Waals surface area (Å²) < 4.78 is 10.5. The zero-order valence-corrected chi connectivity index (χ0v) is 20.3. The highest BCUT2D eigenvalue weighted by atomic mass is 16.7. The minimum absolute atomic E-state index is 0.315. The third-order valence-corrected chi connectivity index (χ3v) is 5.96. The van der Waals surface area contributed by atoms with Gasteiger partial charge in [0.05, 0.1) is 11.4 Å². The summed E-state index contributed by atoms with van der Waals surface area (Å²) in [6.45, 7) is 10.9. The largest absolute Gasteiger partial charge is 0.443 e. The van der Waals surface area contributed by atoms with Crippen molar-refractivity contribution in [2.24, 2.45) is 5.92 Å². The van der Waals surface area contributed by atoms with Gasteiger partial charge in [0, 0.05) is 24.1 Å². The van der Waals surface area contributed by atoms with Crippen molar-refractivity contribution >= 4 is 12.3 Å². The number of hydrogen-bond donors (Lipinski definition) is 1. The molecule has 3 aromatic rings. The Kier molecular flexibility index (Phi) is 8.45. The Balaban J connectivity index is 0.000000248. The van der Waals surface area contributed by atoms with Crippen molar-refractivity contribution in [3.05, 3.63) is 53.9 Å². The van der Waals surface area contributed by atoms with Crippen LogP contribution in [0.1, 0.15) is 56.7 Å². The molecule has 2 aromatic heterocycles. The fourth-order valence-corrected chi connectivity index (χ4v) is 3.55. The number of carbonyl (C=O) groups is 2. The summed E-state index contributed by atoms with van der Waals surface area (Å²) >= 11 is 0. The van der Waals surface area contributed by atoms with Crippen molar-refractivity contribution in [2.75, 3.05) is 6.54 Å². The number of hydroxylamine groups is 1. The first-order valence-corrected chi connectivity index (χ1v) is 11.4. The highest BCUT2D eigenvalue weighted by Crippen LogP contribution is 2.25. The van der Waals surface area contributed by atoms with Crippen molar-refractivity contribution in [3.8, 4) is 17.1 Å².